The van der Waals surface area contributed by atoms with Gasteiger partial charge in [-0.3, -0.25) is 4.79 Å². The Morgan fingerprint density at radius 3 is 2.15 bits per heavy atom. The molecule has 0 aliphatic carbocycles. The fourth-order valence-electron chi connectivity index (χ4n) is 2.29. The summed E-state index contributed by atoms with van der Waals surface area (Å²) < 4.78 is 0. The molecule has 112 valence electrons. The molecule has 0 saturated carbocycles. The maximum Gasteiger partial charge on any atom is 0.311 e. The number of anilines is 1. The van der Waals surface area contributed by atoms with Crippen LogP contribution in [-0.2, 0) is 10.2 Å². The van der Waals surface area contributed by atoms with Gasteiger partial charge in [-0.25, -0.2) is 0 Å². The molecule has 0 aromatic heterocycles. The van der Waals surface area contributed by atoms with Gasteiger partial charge in [0.15, 0.2) is 0 Å². The predicted octanol–water partition coefficient (Wildman–Crippen LogP) is 4.17. The second kappa shape index (κ2) is 5.47. The maximum atomic E-state index is 11.6. The highest BCUT2D eigenvalue weighted by Gasteiger charge is 2.28. The van der Waals surface area contributed by atoms with Gasteiger partial charge in [-0.15, -0.1) is 0 Å². The van der Waals surface area contributed by atoms with Crippen molar-refractivity contribution in [3.8, 4) is 0 Å². The Kier molecular flexibility index (Phi) is 4.52. The maximum absolute atomic E-state index is 11.6. The molecular weight excluding hydrogens is 250 g/mol. The zero-order valence-corrected chi connectivity index (χ0v) is 13.4. The highest BCUT2D eigenvalue weighted by molar-refractivity contribution is 5.78. The van der Waals surface area contributed by atoms with Crippen molar-refractivity contribution in [3.05, 3.63) is 29.3 Å². The molecule has 1 aromatic carbocycles. The summed E-state index contributed by atoms with van der Waals surface area (Å²) in [4.78, 5) is 11.6. The summed E-state index contributed by atoms with van der Waals surface area (Å²) in [7, 11) is 0. The van der Waals surface area contributed by atoms with Gasteiger partial charge >= 0.3 is 5.97 Å². The summed E-state index contributed by atoms with van der Waals surface area (Å²) in [6, 6.07) is 5.77. The Morgan fingerprint density at radius 1 is 1.20 bits per heavy atom. The van der Waals surface area contributed by atoms with E-state index in [4.69, 9.17) is 5.73 Å². The quantitative estimate of drug-likeness (QED) is 0.815. The molecule has 0 heterocycles. The second-order valence-corrected chi connectivity index (χ2v) is 7.75. The SMILES string of the molecule is CC(C)(C)CC(C(=O)O)c1cc(C(C)(C)C)ccc1N. The molecule has 20 heavy (non-hydrogen) atoms. The van der Waals surface area contributed by atoms with E-state index in [0.717, 1.165) is 11.1 Å². The first kappa shape index (κ1) is 16.5. The van der Waals surface area contributed by atoms with Gasteiger partial charge in [0.2, 0.25) is 0 Å². The Hall–Kier alpha value is -1.51. The van der Waals surface area contributed by atoms with Crippen LogP contribution in [0.5, 0.6) is 0 Å². The largest absolute Gasteiger partial charge is 0.481 e. The number of carboxylic acids is 1. The van der Waals surface area contributed by atoms with Crippen LogP contribution in [0.2, 0.25) is 0 Å². The topological polar surface area (TPSA) is 63.3 Å². The van der Waals surface area contributed by atoms with Crippen LogP contribution in [0.15, 0.2) is 18.2 Å². The van der Waals surface area contributed by atoms with E-state index >= 15 is 0 Å². The molecule has 0 saturated heterocycles. The standard InChI is InChI=1S/C17H27NO2/c1-16(2,3)10-13(15(19)20)12-9-11(17(4,5)6)7-8-14(12)18/h7-9,13H,10,18H2,1-6H3,(H,19,20). The smallest absolute Gasteiger partial charge is 0.311 e. The molecule has 1 unspecified atom stereocenters. The van der Waals surface area contributed by atoms with Gasteiger partial charge in [-0.05, 0) is 34.4 Å². The predicted molar refractivity (Wildman–Crippen MR) is 84.0 cm³/mol. The molecule has 0 aliphatic heterocycles. The van der Waals surface area contributed by atoms with Crippen molar-refractivity contribution in [1.82, 2.24) is 0 Å². The first-order chi connectivity index (χ1) is 8.92. The van der Waals surface area contributed by atoms with Crippen LogP contribution in [0.25, 0.3) is 0 Å². The first-order valence-corrected chi connectivity index (χ1v) is 7.04. The molecule has 1 rings (SSSR count). The molecule has 0 fully saturated rings. The van der Waals surface area contributed by atoms with Gasteiger partial charge in [0.1, 0.15) is 0 Å². The van der Waals surface area contributed by atoms with Gasteiger partial charge in [0.25, 0.3) is 0 Å². The average Bonchev–Trinajstić information content (AvgIpc) is 2.23. The van der Waals surface area contributed by atoms with E-state index in [2.05, 4.69) is 20.8 Å². The number of hydrogen-bond acceptors (Lipinski definition) is 2. The van der Waals surface area contributed by atoms with Crippen molar-refractivity contribution in [2.75, 3.05) is 5.73 Å². The second-order valence-electron chi connectivity index (χ2n) is 7.75. The van der Waals surface area contributed by atoms with Crippen LogP contribution in [0.1, 0.15) is 65.0 Å². The Morgan fingerprint density at radius 2 is 1.75 bits per heavy atom. The Labute approximate surface area is 122 Å². The van der Waals surface area contributed by atoms with Crippen LogP contribution in [-0.4, -0.2) is 11.1 Å². The Balaban J connectivity index is 3.30. The summed E-state index contributed by atoms with van der Waals surface area (Å²) in [5.41, 5.74) is 8.36. The summed E-state index contributed by atoms with van der Waals surface area (Å²) >= 11 is 0. The highest BCUT2D eigenvalue weighted by atomic mass is 16.4. The molecule has 0 bridgehead atoms. The lowest BCUT2D eigenvalue weighted by Crippen LogP contribution is -2.21. The summed E-state index contributed by atoms with van der Waals surface area (Å²) in [5, 5.41) is 9.55. The van der Waals surface area contributed by atoms with Crippen molar-refractivity contribution in [3.63, 3.8) is 0 Å². The van der Waals surface area contributed by atoms with Crippen LogP contribution in [0.4, 0.5) is 5.69 Å². The van der Waals surface area contributed by atoms with Gasteiger partial charge in [0, 0.05) is 5.69 Å². The molecule has 0 amide bonds. The van der Waals surface area contributed by atoms with E-state index in [0.29, 0.717) is 12.1 Å². The number of rotatable bonds is 3. The van der Waals surface area contributed by atoms with Crippen molar-refractivity contribution < 1.29 is 9.90 Å². The molecule has 0 radical (unpaired) electrons. The lowest BCUT2D eigenvalue weighted by molar-refractivity contribution is -0.139. The first-order valence-electron chi connectivity index (χ1n) is 7.04. The summed E-state index contributed by atoms with van der Waals surface area (Å²) in [6.07, 6.45) is 0.570. The van der Waals surface area contributed by atoms with Crippen molar-refractivity contribution in [1.29, 1.82) is 0 Å². The molecule has 3 N–H and O–H groups in total. The average molecular weight is 277 g/mol. The number of carboxylic acid groups (broad SMARTS) is 1. The van der Waals surface area contributed by atoms with Gasteiger partial charge < -0.3 is 10.8 Å². The van der Waals surface area contributed by atoms with E-state index in [1.54, 1.807) is 0 Å². The van der Waals surface area contributed by atoms with Crippen molar-refractivity contribution in [2.45, 2.75) is 59.3 Å². The minimum absolute atomic E-state index is 0.0206. The normalized spacial score (nSPS) is 14.1. The van der Waals surface area contributed by atoms with E-state index in [9.17, 15) is 9.90 Å². The third-order valence-corrected chi connectivity index (χ3v) is 3.44. The molecule has 3 heteroatoms. The molecule has 3 nitrogen and oxygen atoms in total. The zero-order chi connectivity index (χ0) is 15.7. The highest BCUT2D eigenvalue weighted by Crippen LogP contribution is 2.36. The number of hydrogen-bond donors (Lipinski definition) is 2. The van der Waals surface area contributed by atoms with Gasteiger partial charge in [0.05, 0.1) is 5.92 Å². The monoisotopic (exact) mass is 277 g/mol. The third-order valence-electron chi connectivity index (χ3n) is 3.44. The molecule has 1 aromatic rings. The third kappa shape index (κ3) is 4.26. The number of nitrogen functional groups attached to an aromatic ring is 1. The van der Waals surface area contributed by atoms with E-state index < -0.39 is 11.9 Å². The van der Waals surface area contributed by atoms with Crippen LogP contribution in [0, 0.1) is 5.41 Å². The lowest BCUT2D eigenvalue weighted by Gasteiger charge is -2.26. The molecule has 0 spiro atoms. The van der Waals surface area contributed by atoms with Crippen LogP contribution in [0.3, 0.4) is 0 Å². The van der Waals surface area contributed by atoms with E-state index in [1.807, 2.05) is 39.0 Å². The lowest BCUT2D eigenvalue weighted by atomic mass is 9.78. The van der Waals surface area contributed by atoms with E-state index in [-0.39, 0.29) is 10.8 Å². The minimum Gasteiger partial charge on any atom is -0.481 e. The molecule has 0 aliphatic rings. The number of carbonyl (C=O) groups is 1. The summed E-state index contributed by atoms with van der Waals surface area (Å²) in [5.74, 6) is -1.37. The number of nitrogens with two attached hydrogens (primary N) is 1. The fraction of sp³-hybridized carbons (Fsp3) is 0.588. The molecular formula is C17H27NO2. The Bertz CT molecular complexity index is 493. The van der Waals surface area contributed by atoms with E-state index in [1.165, 1.54) is 0 Å². The van der Waals surface area contributed by atoms with Gasteiger partial charge in [-0.1, -0.05) is 53.7 Å². The fourth-order valence-corrected chi connectivity index (χ4v) is 2.29. The number of aliphatic carboxylic acids is 1. The zero-order valence-electron chi connectivity index (χ0n) is 13.4. The number of benzene rings is 1. The van der Waals surface area contributed by atoms with Crippen molar-refractivity contribution >= 4 is 11.7 Å². The van der Waals surface area contributed by atoms with Crippen LogP contribution < -0.4 is 5.73 Å². The van der Waals surface area contributed by atoms with Crippen molar-refractivity contribution in [2.24, 2.45) is 5.41 Å². The summed E-state index contributed by atoms with van der Waals surface area (Å²) in [6.45, 7) is 12.5. The minimum atomic E-state index is -0.808. The molecule has 1 atom stereocenters. The van der Waals surface area contributed by atoms with Gasteiger partial charge in [-0.2, -0.15) is 0 Å². The van der Waals surface area contributed by atoms with Crippen LogP contribution >= 0.6 is 0 Å².